The molecule has 2 rings (SSSR count). The number of rotatable bonds is 5. The summed E-state index contributed by atoms with van der Waals surface area (Å²) in [6.07, 6.45) is 3.69. The number of hydrogen-bond acceptors (Lipinski definition) is 4. The molecule has 1 atom stereocenters. The lowest BCUT2D eigenvalue weighted by molar-refractivity contribution is 0.0774. The van der Waals surface area contributed by atoms with E-state index in [0.29, 0.717) is 6.04 Å². The lowest BCUT2D eigenvalue weighted by Crippen LogP contribution is -2.40. The summed E-state index contributed by atoms with van der Waals surface area (Å²) in [5, 5.41) is 3.66. The molecule has 4 heteroatoms. The second-order valence-corrected chi connectivity index (χ2v) is 5.55. The fourth-order valence-electron chi connectivity index (χ4n) is 2.77. The van der Waals surface area contributed by atoms with E-state index in [4.69, 9.17) is 4.74 Å². The maximum atomic E-state index is 5.36. The Kier molecular flexibility index (Phi) is 5.22. The van der Waals surface area contributed by atoms with Gasteiger partial charge in [-0.15, -0.1) is 0 Å². The van der Waals surface area contributed by atoms with Crippen molar-refractivity contribution < 1.29 is 4.74 Å². The van der Waals surface area contributed by atoms with Crippen LogP contribution < -0.4 is 5.32 Å². The molecule has 0 aromatic heterocycles. The maximum absolute atomic E-state index is 5.36. The molecular formula is C13H27N3O. The molecule has 0 spiro atoms. The van der Waals surface area contributed by atoms with Crippen LogP contribution in [0.5, 0.6) is 0 Å². The van der Waals surface area contributed by atoms with Crippen molar-refractivity contribution >= 4 is 0 Å². The SMILES string of the molecule is CN(C)C1CCN(CCNC2CCOCC2)C1. The molecule has 0 bridgehead atoms. The van der Waals surface area contributed by atoms with Crippen molar-refractivity contribution in [2.45, 2.75) is 31.3 Å². The van der Waals surface area contributed by atoms with Crippen molar-refractivity contribution in [3.8, 4) is 0 Å². The van der Waals surface area contributed by atoms with Gasteiger partial charge in [-0.25, -0.2) is 0 Å². The Morgan fingerprint density at radius 2 is 2.00 bits per heavy atom. The normalized spacial score (nSPS) is 28.1. The van der Waals surface area contributed by atoms with Crippen molar-refractivity contribution in [2.75, 3.05) is 53.5 Å². The Balaban J connectivity index is 1.56. The first kappa shape index (κ1) is 13.3. The summed E-state index contributed by atoms with van der Waals surface area (Å²) < 4.78 is 5.36. The number of hydrogen-bond donors (Lipinski definition) is 1. The van der Waals surface area contributed by atoms with Gasteiger partial charge < -0.3 is 19.9 Å². The lowest BCUT2D eigenvalue weighted by atomic mass is 10.1. The molecular weight excluding hydrogens is 214 g/mol. The van der Waals surface area contributed by atoms with Crippen LogP contribution in [-0.2, 0) is 4.74 Å². The van der Waals surface area contributed by atoms with Crippen LogP contribution in [0.4, 0.5) is 0 Å². The van der Waals surface area contributed by atoms with Crippen molar-refractivity contribution in [3.63, 3.8) is 0 Å². The van der Waals surface area contributed by atoms with E-state index in [0.717, 1.165) is 25.8 Å². The molecule has 0 aromatic carbocycles. The molecule has 0 radical (unpaired) electrons. The minimum Gasteiger partial charge on any atom is -0.381 e. The van der Waals surface area contributed by atoms with Gasteiger partial charge in [-0.3, -0.25) is 0 Å². The second-order valence-electron chi connectivity index (χ2n) is 5.55. The number of nitrogens with one attached hydrogen (secondary N) is 1. The molecule has 1 N–H and O–H groups in total. The topological polar surface area (TPSA) is 27.7 Å². The summed E-state index contributed by atoms with van der Waals surface area (Å²) >= 11 is 0. The van der Waals surface area contributed by atoms with E-state index >= 15 is 0 Å². The summed E-state index contributed by atoms with van der Waals surface area (Å²) in [5.41, 5.74) is 0. The van der Waals surface area contributed by atoms with Gasteiger partial charge in [0.1, 0.15) is 0 Å². The first-order chi connectivity index (χ1) is 8.25. The predicted molar refractivity (Wildman–Crippen MR) is 70.4 cm³/mol. The van der Waals surface area contributed by atoms with Crippen LogP contribution in [0, 0.1) is 0 Å². The van der Waals surface area contributed by atoms with Crippen LogP contribution in [0.2, 0.25) is 0 Å². The summed E-state index contributed by atoms with van der Waals surface area (Å²) in [7, 11) is 4.38. The molecule has 2 aliphatic heterocycles. The molecule has 17 heavy (non-hydrogen) atoms. The molecule has 0 aromatic rings. The van der Waals surface area contributed by atoms with Gasteiger partial charge in [0.2, 0.25) is 0 Å². The highest BCUT2D eigenvalue weighted by Gasteiger charge is 2.23. The van der Waals surface area contributed by atoms with E-state index in [1.54, 1.807) is 0 Å². The van der Waals surface area contributed by atoms with Crippen LogP contribution in [0.1, 0.15) is 19.3 Å². The second kappa shape index (κ2) is 6.69. The average Bonchev–Trinajstić information content (AvgIpc) is 2.79. The molecule has 0 saturated carbocycles. The highest BCUT2D eigenvalue weighted by molar-refractivity contribution is 4.81. The van der Waals surface area contributed by atoms with Gasteiger partial charge in [0.15, 0.2) is 0 Å². The third-order valence-corrected chi connectivity index (χ3v) is 4.06. The van der Waals surface area contributed by atoms with Crippen LogP contribution in [0.25, 0.3) is 0 Å². The average molecular weight is 241 g/mol. The molecule has 100 valence electrons. The van der Waals surface area contributed by atoms with Crippen molar-refractivity contribution in [1.29, 1.82) is 0 Å². The summed E-state index contributed by atoms with van der Waals surface area (Å²) in [6.45, 7) is 6.70. The van der Waals surface area contributed by atoms with Gasteiger partial charge in [-0.05, 0) is 39.9 Å². The lowest BCUT2D eigenvalue weighted by Gasteiger charge is -2.25. The zero-order valence-corrected chi connectivity index (χ0v) is 11.3. The van der Waals surface area contributed by atoms with Crippen LogP contribution in [0.3, 0.4) is 0 Å². The number of nitrogens with zero attached hydrogens (tertiary/aromatic N) is 2. The number of likely N-dealkylation sites (N-methyl/N-ethyl adjacent to an activating group) is 1. The largest absolute Gasteiger partial charge is 0.381 e. The van der Waals surface area contributed by atoms with Crippen LogP contribution in [-0.4, -0.2) is 75.4 Å². The third-order valence-electron chi connectivity index (χ3n) is 4.06. The monoisotopic (exact) mass is 241 g/mol. The standard InChI is InChI=1S/C13H27N3O/c1-15(2)13-3-7-16(11-13)8-6-14-12-4-9-17-10-5-12/h12-14H,3-11H2,1-2H3. The van der Waals surface area contributed by atoms with Crippen molar-refractivity contribution in [3.05, 3.63) is 0 Å². The third kappa shape index (κ3) is 4.21. The van der Waals surface area contributed by atoms with Crippen LogP contribution >= 0.6 is 0 Å². The minimum atomic E-state index is 0.691. The Morgan fingerprint density at radius 3 is 2.65 bits per heavy atom. The first-order valence-electron chi connectivity index (χ1n) is 6.95. The predicted octanol–water partition coefficient (Wildman–Crippen LogP) is 0.391. The van der Waals surface area contributed by atoms with E-state index in [9.17, 15) is 0 Å². The van der Waals surface area contributed by atoms with E-state index in [-0.39, 0.29) is 0 Å². The van der Waals surface area contributed by atoms with Crippen LogP contribution in [0.15, 0.2) is 0 Å². The molecule has 1 unspecified atom stereocenters. The van der Waals surface area contributed by atoms with Gasteiger partial charge in [0.05, 0.1) is 0 Å². The Morgan fingerprint density at radius 1 is 1.24 bits per heavy atom. The Labute approximate surface area is 105 Å². The smallest absolute Gasteiger partial charge is 0.0480 e. The summed E-state index contributed by atoms with van der Waals surface area (Å²) in [5.74, 6) is 0. The zero-order valence-electron chi connectivity index (χ0n) is 11.3. The number of ether oxygens (including phenoxy) is 1. The van der Waals surface area contributed by atoms with E-state index < -0.39 is 0 Å². The highest BCUT2D eigenvalue weighted by atomic mass is 16.5. The van der Waals surface area contributed by atoms with Crippen molar-refractivity contribution in [2.24, 2.45) is 0 Å². The quantitative estimate of drug-likeness (QED) is 0.754. The molecule has 2 fully saturated rings. The van der Waals surface area contributed by atoms with E-state index in [1.165, 1.54) is 38.9 Å². The molecule has 0 amide bonds. The molecule has 4 nitrogen and oxygen atoms in total. The number of likely N-dealkylation sites (tertiary alicyclic amines) is 1. The fraction of sp³-hybridized carbons (Fsp3) is 1.00. The first-order valence-corrected chi connectivity index (χ1v) is 6.95. The highest BCUT2D eigenvalue weighted by Crippen LogP contribution is 2.12. The van der Waals surface area contributed by atoms with Gasteiger partial charge in [0.25, 0.3) is 0 Å². The van der Waals surface area contributed by atoms with Crippen molar-refractivity contribution in [1.82, 2.24) is 15.1 Å². The van der Waals surface area contributed by atoms with E-state index in [2.05, 4.69) is 29.2 Å². The Bertz CT molecular complexity index is 217. The Hall–Kier alpha value is -0.160. The van der Waals surface area contributed by atoms with Gasteiger partial charge in [0, 0.05) is 44.9 Å². The van der Waals surface area contributed by atoms with E-state index in [1.807, 2.05) is 0 Å². The fourth-order valence-corrected chi connectivity index (χ4v) is 2.77. The molecule has 2 saturated heterocycles. The van der Waals surface area contributed by atoms with Gasteiger partial charge in [-0.1, -0.05) is 0 Å². The summed E-state index contributed by atoms with van der Waals surface area (Å²) in [6, 6.07) is 1.45. The molecule has 0 aliphatic carbocycles. The summed E-state index contributed by atoms with van der Waals surface area (Å²) in [4.78, 5) is 4.93. The zero-order chi connectivity index (χ0) is 12.1. The van der Waals surface area contributed by atoms with Gasteiger partial charge >= 0.3 is 0 Å². The molecule has 2 aliphatic rings. The minimum absolute atomic E-state index is 0.691. The maximum Gasteiger partial charge on any atom is 0.0480 e. The van der Waals surface area contributed by atoms with Gasteiger partial charge in [-0.2, -0.15) is 0 Å². The molecule has 2 heterocycles.